The normalized spacial score (nSPS) is 14.3. The molecule has 5 rings (SSSR count). The van der Waals surface area contributed by atoms with Crippen molar-refractivity contribution in [3.63, 3.8) is 0 Å². The lowest BCUT2D eigenvalue weighted by Gasteiger charge is -2.28. The van der Waals surface area contributed by atoms with Crippen molar-refractivity contribution < 1.29 is 23.7 Å². The Labute approximate surface area is 224 Å². The van der Waals surface area contributed by atoms with Crippen molar-refractivity contribution in [3.05, 3.63) is 119 Å². The van der Waals surface area contributed by atoms with E-state index in [4.69, 9.17) is 4.52 Å². The number of aryl methyl sites for hydroxylation is 2. The smallest absolute Gasteiger partial charge is 0.325 e. The standard InChI is InChI=1S/C30H26N4O5/c1-19-25(20(2)39-33-19)17-27(36)31-24-15-13-21(14-16-24)26(35)18-34-28(37)30(32-29(34)38,22-9-5-3-6-10-22)23-11-7-4-8-12-23/h3-16H,17-18H2,1-2H3,(H,31,36)(H,32,38). The molecule has 3 aromatic carbocycles. The van der Waals surface area contributed by atoms with Crippen LogP contribution in [0.15, 0.2) is 89.5 Å². The Kier molecular flexibility index (Phi) is 6.81. The zero-order valence-corrected chi connectivity index (χ0v) is 21.4. The number of imide groups is 1. The molecule has 196 valence electrons. The fraction of sp³-hybridized carbons (Fsp3) is 0.167. The third kappa shape index (κ3) is 4.82. The van der Waals surface area contributed by atoms with Gasteiger partial charge in [0, 0.05) is 16.8 Å². The van der Waals surface area contributed by atoms with Crippen LogP contribution in [0.1, 0.15) is 38.5 Å². The Morgan fingerprint density at radius 1 is 0.897 bits per heavy atom. The van der Waals surface area contributed by atoms with Gasteiger partial charge < -0.3 is 15.2 Å². The number of hydrogen-bond donors (Lipinski definition) is 2. The summed E-state index contributed by atoms with van der Waals surface area (Å²) in [6, 6.07) is 23.6. The number of anilines is 1. The lowest BCUT2D eigenvalue weighted by atomic mass is 9.82. The molecule has 1 aliphatic heterocycles. The first-order valence-electron chi connectivity index (χ1n) is 12.4. The number of nitrogens with one attached hydrogen (secondary N) is 2. The van der Waals surface area contributed by atoms with Crippen molar-refractivity contribution >= 4 is 29.3 Å². The van der Waals surface area contributed by atoms with Crippen molar-refractivity contribution in [2.75, 3.05) is 11.9 Å². The maximum Gasteiger partial charge on any atom is 0.325 e. The fourth-order valence-corrected chi connectivity index (χ4v) is 4.75. The Hall–Kier alpha value is -5.05. The molecule has 9 heteroatoms. The van der Waals surface area contributed by atoms with Gasteiger partial charge in [-0.25, -0.2) is 4.79 Å². The number of benzene rings is 3. The number of nitrogens with zero attached hydrogens (tertiary/aromatic N) is 2. The van der Waals surface area contributed by atoms with Crippen LogP contribution in [0.3, 0.4) is 0 Å². The van der Waals surface area contributed by atoms with Crippen LogP contribution < -0.4 is 10.6 Å². The van der Waals surface area contributed by atoms with E-state index in [-0.39, 0.29) is 12.3 Å². The van der Waals surface area contributed by atoms with Crippen LogP contribution in [-0.2, 0) is 21.5 Å². The van der Waals surface area contributed by atoms with Crippen LogP contribution in [0.5, 0.6) is 0 Å². The average Bonchev–Trinajstić information content (AvgIpc) is 3.40. The van der Waals surface area contributed by atoms with Crippen LogP contribution in [0.2, 0.25) is 0 Å². The SMILES string of the molecule is Cc1noc(C)c1CC(=O)Nc1ccc(C(=O)CN2C(=O)NC(c3ccccc3)(c3ccccc3)C2=O)cc1. The predicted molar refractivity (Wildman–Crippen MR) is 143 cm³/mol. The van der Waals surface area contributed by atoms with Crippen LogP contribution in [0, 0.1) is 13.8 Å². The molecule has 4 amide bonds. The number of carbonyl (C=O) groups excluding carboxylic acids is 4. The summed E-state index contributed by atoms with van der Waals surface area (Å²) in [5, 5.41) is 9.48. The van der Waals surface area contributed by atoms with E-state index in [1.54, 1.807) is 86.6 Å². The molecule has 0 spiro atoms. The van der Waals surface area contributed by atoms with Gasteiger partial charge in [-0.15, -0.1) is 0 Å². The maximum atomic E-state index is 13.8. The first-order valence-corrected chi connectivity index (χ1v) is 12.4. The van der Waals surface area contributed by atoms with Gasteiger partial charge in [-0.1, -0.05) is 65.8 Å². The number of ketones is 1. The number of aromatic nitrogens is 1. The molecule has 0 saturated carbocycles. The van der Waals surface area contributed by atoms with E-state index in [2.05, 4.69) is 15.8 Å². The van der Waals surface area contributed by atoms with Gasteiger partial charge in [-0.3, -0.25) is 19.3 Å². The second-order valence-corrected chi connectivity index (χ2v) is 9.33. The van der Waals surface area contributed by atoms with Gasteiger partial charge in [0.15, 0.2) is 11.3 Å². The van der Waals surface area contributed by atoms with Gasteiger partial charge in [0.1, 0.15) is 5.76 Å². The minimum absolute atomic E-state index is 0.110. The summed E-state index contributed by atoms with van der Waals surface area (Å²) >= 11 is 0. The molecule has 0 bridgehead atoms. The highest BCUT2D eigenvalue weighted by molar-refractivity contribution is 6.13. The lowest BCUT2D eigenvalue weighted by molar-refractivity contribution is -0.130. The van der Waals surface area contributed by atoms with E-state index in [0.29, 0.717) is 33.8 Å². The van der Waals surface area contributed by atoms with Crippen LogP contribution in [-0.4, -0.2) is 40.2 Å². The van der Waals surface area contributed by atoms with Gasteiger partial charge in [0.05, 0.1) is 18.7 Å². The summed E-state index contributed by atoms with van der Waals surface area (Å²) in [6.07, 6.45) is 0.110. The fourth-order valence-electron chi connectivity index (χ4n) is 4.75. The van der Waals surface area contributed by atoms with E-state index in [0.717, 1.165) is 10.5 Å². The molecule has 1 aliphatic rings. The molecule has 39 heavy (non-hydrogen) atoms. The quantitative estimate of drug-likeness (QED) is 0.265. The van der Waals surface area contributed by atoms with Crippen molar-refractivity contribution in [1.29, 1.82) is 0 Å². The number of Topliss-reactive ketones (excluding diaryl/α,β-unsaturated/α-hetero) is 1. The Balaban J connectivity index is 1.31. The van der Waals surface area contributed by atoms with Crippen LogP contribution >= 0.6 is 0 Å². The van der Waals surface area contributed by atoms with Gasteiger partial charge in [-0.2, -0.15) is 0 Å². The summed E-state index contributed by atoms with van der Waals surface area (Å²) < 4.78 is 5.10. The van der Waals surface area contributed by atoms with Gasteiger partial charge in [0.25, 0.3) is 5.91 Å². The predicted octanol–water partition coefficient (Wildman–Crippen LogP) is 4.15. The highest BCUT2D eigenvalue weighted by atomic mass is 16.5. The zero-order chi connectivity index (χ0) is 27.6. The summed E-state index contributed by atoms with van der Waals surface area (Å²) in [6.45, 7) is 3.09. The lowest BCUT2D eigenvalue weighted by Crippen LogP contribution is -2.45. The molecule has 0 atom stereocenters. The minimum atomic E-state index is -1.44. The van der Waals surface area contributed by atoms with E-state index in [1.165, 1.54) is 0 Å². The second kappa shape index (κ2) is 10.4. The monoisotopic (exact) mass is 522 g/mol. The second-order valence-electron chi connectivity index (χ2n) is 9.33. The summed E-state index contributed by atoms with van der Waals surface area (Å²) in [4.78, 5) is 53.4. The Morgan fingerprint density at radius 2 is 1.49 bits per heavy atom. The molecule has 2 N–H and O–H groups in total. The van der Waals surface area contributed by atoms with E-state index in [1.807, 2.05) is 12.1 Å². The number of urea groups is 1. The number of rotatable bonds is 8. The summed E-state index contributed by atoms with van der Waals surface area (Å²) in [5.41, 5.74) is 1.96. The first-order chi connectivity index (χ1) is 18.8. The number of carbonyl (C=O) groups is 4. The summed E-state index contributed by atoms with van der Waals surface area (Å²) in [7, 11) is 0. The van der Waals surface area contributed by atoms with E-state index >= 15 is 0 Å². The molecule has 0 unspecified atom stereocenters. The molecule has 1 saturated heterocycles. The largest absolute Gasteiger partial charge is 0.361 e. The molecular formula is C30H26N4O5. The van der Waals surface area contributed by atoms with Crippen LogP contribution in [0.4, 0.5) is 10.5 Å². The number of hydrogen-bond acceptors (Lipinski definition) is 6. The Morgan fingerprint density at radius 3 is 2.03 bits per heavy atom. The zero-order valence-electron chi connectivity index (χ0n) is 21.4. The third-order valence-electron chi connectivity index (χ3n) is 6.83. The van der Waals surface area contributed by atoms with E-state index in [9.17, 15) is 19.2 Å². The highest BCUT2D eigenvalue weighted by Gasteiger charge is 2.54. The van der Waals surface area contributed by atoms with Crippen molar-refractivity contribution in [1.82, 2.24) is 15.4 Å². The van der Waals surface area contributed by atoms with Gasteiger partial charge in [-0.05, 0) is 49.2 Å². The molecular weight excluding hydrogens is 496 g/mol. The minimum Gasteiger partial charge on any atom is -0.361 e. The third-order valence-corrected chi connectivity index (χ3v) is 6.83. The topological polar surface area (TPSA) is 122 Å². The molecule has 1 fully saturated rings. The maximum absolute atomic E-state index is 13.8. The van der Waals surface area contributed by atoms with Gasteiger partial charge >= 0.3 is 6.03 Å². The van der Waals surface area contributed by atoms with E-state index < -0.39 is 29.8 Å². The average molecular weight is 523 g/mol. The molecule has 2 heterocycles. The summed E-state index contributed by atoms with van der Waals surface area (Å²) in [5.74, 6) is -0.598. The molecule has 0 radical (unpaired) electrons. The van der Waals surface area contributed by atoms with Crippen molar-refractivity contribution in [2.24, 2.45) is 0 Å². The molecule has 4 aromatic rings. The molecule has 0 aliphatic carbocycles. The van der Waals surface area contributed by atoms with Crippen molar-refractivity contribution in [2.45, 2.75) is 25.8 Å². The molecule has 9 nitrogen and oxygen atoms in total. The van der Waals surface area contributed by atoms with Crippen molar-refractivity contribution in [3.8, 4) is 0 Å². The number of amides is 4. The Bertz CT molecular complexity index is 1490. The molecule has 1 aromatic heterocycles. The first kappa shape index (κ1) is 25.6. The van der Waals surface area contributed by atoms with Gasteiger partial charge in [0.2, 0.25) is 5.91 Å². The van der Waals surface area contributed by atoms with Crippen LogP contribution in [0.25, 0.3) is 0 Å². The highest BCUT2D eigenvalue weighted by Crippen LogP contribution is 2.36.